The van der Waals surface area contributed by atoms with Crippen LogP contribution in [0.4, 0.5) is 0 Å². The first-order valence-corrected chi connectivity index (χ1v) is 9.76. The smallest absolute Gasteiger partial charge is 0.191 e. The summed E-state index contributed by atoms with van der Waals surface area (Å²) in [4.78, 5) is 0. The Kier molecular flexibility index (Phi) is 4.47. The fraction of sp³-hybridized carbons (Fsp3) is 0.250. The molecule has 2 aromatic rings. The summed E-state index contributed by atoms with van der Waals surface area (Å²) in [6.07, 6.45) is 0. The van der Waals surface area contributed by atoms with Gasteiger partial charge in [-0.3, -0.25) is 0 Å². The third-order valence-electron chi connectivity index (χ3n) is 3.13. The molecule has 0 aliphatic rings. The lowest BCUT2D eigenvalue weighted by Crippen LogP contribution is -2.33. The molecule has 4 heteroatoms. The van der Waals surface area contributed by atoms with Gasteiger partial charge in [-0.25, -0.2) is 0 Å². The Labute approximate surface area is 120 Å². The average molecular weight is 288 g/mol. The maximum atomic E-state index is 9.29. The van der Waals surface area contributed by atoms with Crippen LogP contribution in [0.15, 0.2) is 48.5 Å². The monoisotopic (exact) mass is 288 g/mol. The van der Waals surface area contributed by atoms with Gasteiger partial charge in [-0.15, -0.1) is 0 Å². The molecule has 0 atom stereocenters. The van der Waals surface area contributed by atoms with Crippen LogP contribution in [-0.2, 0) is 17.1 Å². The molecule has 0 aliphatic carbocycles. The fourth-order valence-corrected chi connectivity index (χ4v) is 3.91. The molecule has 2 rings (SSSR count). The van der Waals surface area contributed by atoms with E-state index in [0.717, 1.165) is 11.6 Å². The fourth-order valence-electron chi connectivity index (χ4n) is 2.03. The van der Waals surface area contributed by atoms with Crippen LogP contribution in [0.2, 0.25) is 13.1 Å². The Balaban J connectivity index is 1.93. The van der Waals surface area contributed by atoms with E-state index < -0.39 is 8.32 Å². The molecule has 0 saturated heterocycles. The molecule has 0 unspecified atom stereocenters. The highest BCUT2D eigenvalue weighted by Crippen LogP contribution is 2.18. The van der Waals surface area contributed by atoms with Crippen LogP contribution in [0.25, 0.3) is 0 Å². The molecular formula is C16H20O3Si. The molecule has 0 bridgehead atoms. The van der Waals surface area contributed by atoms with Crippen molar-refractivity contribution >= 4 is 8.32 Å². The van der Waals surface area contributed by atoms with E-state index in [0.29, 0.717) is 12.4 Å². The third-order valence-corrected chi connectivity index (χ3v) is 5.32. The molecule has 0 amide bonds. The lowest BCUT2D eigenvalue weighted by molar-refractivity contribution is 0.294. The van der Waals surface area contributed by atoms with Crippen molar-refractivity contribution < 1.29 is 14.6 Å². The highest BCUT2D eigenvalue weighted by Gasteiger charge is 2.23. The van der Waals surface area contributed by atoms with Crippen molar-refractivity contribution in [1.29, 1.82) is 0 Å². The van der Waals surface area contributed by atoms with E-state index in [-0.39, 0.29) is 5.75 Å². The van der Waals surface area contributed by atoms with Gasteiger partial charge in [0.1, 0.15) is 11.5 Å². The Hall–Kier alpha value is -1.78. The standard InChI is InChI=1S/C16H20O3Si/c1-20(2,12-14-5-9-16(18)10-6-14)19-11-13-3-7-15(17)8-4-13/h3-10,17-18H,11-12H2,1-2H3. The summed E-state index contributed by atoms with van der Waals surface area (Å²) in [6, 6.07) is 15.3. The van der Waals surface area contributed by atoms with Crippen molar-refractivity contribution in [2.24, 2.45) is 0 Å². The van der Waals surface area contributed by atoms with E-state index in [1.807, 2.05) is 24.3 Å². The van der Waals surface area contributed by atoms with Crippen LogP contribution in [0.1, 0.15) is 11.1 Å². The van der Waals surface area contributed by atoms with Gasteiger partial charge in [-0.2, -0.15) is 0 Å². The molecule has 0 saturated carbocycles. The van der Waals surface area contributed by atoms with E-state index in [9.17, 15) is 10.2 Å². The van der Waals surface area contributed by atoms with Crippen LogP contribution in [-0.4, -0.2) is 18.5 Å². The number of phenolic OH excluding ortho intramolecular Hbond substituents is 2. The third kappa shape index (κ3) is 4.40. The van der Waals surface area contributed by atoms with Crippen LogP contribution in [0.3, 0.4) is 0 Å². The first-order valence-electron chi connectivity index (χ1n) is 6.64. The molecule has 106 valence electrons. The minimum absolute atomic E-state index is 0.273. The normalized spacial score (nSPS) is 11.5. The Morgan fingerprint density at radius 3 is 1.75 bits per heavy atom. The first-order chi connectivity index (χ1) is 9.44. The van der Waals surface area contributed by atoms with Gasteiger partial charge in [0.05, 0.1) is 6.61 Å². The minimum Gasteiger partial charge on any atom is -0.508 e. The Bertz CT molecular complexity index is 547. The topological polar surface area (TPSA) is 49.7 Å². The molecular weight excluding hydrogens is 268 g/mol. The van der Waals surface area contributed by atoms with Crippen molar-refractivity contribution in [2.45, 2.75) is 25.7 Å². The van der Waals surface area contributed by atoms with Gasteiger partial charge in [0, 0.05) is 0 Å². The molecule has 3 nitrogen and oxygen atoms in total. The van der Waals surface area contributed by atoms with E-state index in [2.05, 4.69) is 13.1 Å². The van der Waals surface area contributed by atoms with E-state index in [4.69, 9.17) is 4.43 Å². The zero-order valence-corrected chi connectivity index (χ0v) is 12.8. The maximum Gasteiger partial charge on any atom is 0.191 e. The van der Waals surface area contributed by atoms with Gasteiger partial charge in [-0.1, -0.05) is 24.3 Å². The molecule has 0 spiro atoms. The number of benzene rings is 2. The summed E-state index contributed by atoms with van der Waals surface area (Å²) in [5.74, 6) is 0.563. The summed E-state index contributed by atoms with van der Waals surface area (Å²) >= 11 is 0. The molecule has 20 heavy (non-hydrogen) atoms. The summed E-state index contributed by atoms with van der Waals surface area (Å²) in [5.41, 5.74) is 2.25. The maximum absolute atomic E-state index is 9.29. The Morgan fingerprint density at radius 2 is 1.25 bits per heavy atom. The molecule has 0 radical (unpaired) electrons. The van der Waals surface area contributed by atoms with Crippen LogP contribution in [0.5, 0.6) is 11.5 Å². The highest BCUT2D eigenvalue weighted by molar-refractivity contribution is 6.70. The van der Waals surface area contributed by atoms with Crippen molar-refractivity contribution in [1.82, 2.24) is 0 Å². The van der Waals surface area contributed by atoms with E-state index in [1.165, 1.54) is 5.56 Å². The zero-order valence-electron chi connectivity index (χ0n) is 11.8. The summed E-state index contributed by atoms with van der Waals surface area (Å²) in [5, 5.41) is 18.5. The average Bonchev–Trinajstić information content (AvgIpc) is 2.41. The molecule has 0 aromatic heterocycles. The number of rotatable bonds is 5. The summed E-state index contributed by atoms with van der Waals surface area (Å²) in [6.45, 7) is 4.93. The molecule has 2 N–H and O–H groups in total. The van der Waals surface area contributed by atoms with Gasteiger partial charge < -0.3 is 14.6 Å². The number of hydrogen-bond acceptors (Lipinski definition) is 3. The van der Waals surface area contributed by atoms with Crippen molar-refractivity contribution in [2.75, 3.05) is 0 Å². The van der Waals surface area contributed by atoms with Crippen molar-refractivity contribution in [3.8, 4) is 11.5 Å². The van der Waals surface area contributed by atoms with E-state index >= 15 is 0 Å². The molecule has 0 fully saturated rings. The minimum atomic E-state index is -1.80. The molecule has 0 aliphatic heterocycles. The zero-order chi connectivity index (χ0) is 14.6. The summed E-state index contributed by atoms with van der Waals surface area (Å²) in [7, 11) is -1.80. The second kappa shape index (κ2) is 6.11. The lowest BCUT2D eigenvalue weighted by atomic mass is 10.2. The highest BCUT2D eigenvalue weighted by atomic mass is 28.4. The van der Waals surface area contributed by atoms with Gasteiger partial charge in [0.25, 0.3) is 0 Å². The van der Waals surface area contributed by atoms with Gasteiger partial charge >= 0.3 is 0 Å². The number of aromatic hydroxyl groups is 2. The van der Waals surface area contributed by atoms with Gasteiger partial charge in [0.15, 0.2) is 8.32 Å². The second-order valence-electron chi connectivity index (χ2n) is 5.56. The molecule has 2 aromatic carbocycles. The van der Waals surface area contributed by atoms with Crippen molar-refractivity contribution in [3.63, 3.8) is 0 Å². The summed E-state index contributed by atoms with van der Waals surface area (Å²) < 4.78 is 6.08. The number of hydrogen-bond donors (Lipinski definition) is 2. The van der Waals surface area contributed by atoms with Crippen LogP contribution in [0, 0.1) is 0 Å². The van der Waals surface area contributed by atoms with E-state index in [1.54, 1.807) is 24.3 Å². The predicted molar refractivity (Wildman–Crippen MR) is 82.2 cm³/mol. The lowest BCUT2D eigenvalue weighted by Gasteiger charge is -2.23. The predicted octanol–water partition coefficient (Wildman–Crippen LogP) is 3.60. The Morgan fingerprint density at radius 1 is 0.800 bits per heavy atom. The SMILES string of the molecule is C[Si](C)(Cc1ccc(O)cc1)OCc1ccc(O)cc1. The van der Waals surface area contributed by atoms with Gasteiger partial charge in [0.2, 0.25) is 0 Å². The molecule has 0 heterocycles. The second-order valence-corrected chi connectivity index (χ2v) is 9.72. The number of phenols is 2. The van der Waals surface area contributed by atoms with Crippen molar-refractivity contribution in [3.05, 3.63) is 59.7 Å². The van der Waals surface area contributed by atoms with Crippen LogP contribution >= 0.6 is 0 Å². The first kappa shape index (κ1) is 14.6. The van der Waals surface area contributed by atoms with Crippen LogP contribution < -0.4 is 0 Å². The van der Waals surface area contributed by atoms with Gasteiger partial charge in [-0.05, 0) is 54.5 Å². The quantitative estimate of drug-likeness (QED) is 0.826. The largest absolute Gasteiger partial charge is 0.508 e.